The van der Waals surface area contributed by atoms with Crippen LogP contribution in [0.1, 0.15) is 64.2 Å². The van der Waals surface area contributed by atoms with Gasteiger partial charge < -0.3 is 10.2 Å². The van der Waals surface area contributed by atoms with Crippen molar-refractivity contribution >= 4 is 5.91 Å². The lowest BCUT2D eigenvalue weighted by Crippen LogP contribution is -2.52. The van der Waals surface area contributed by atoms with E-state index < -0.39 is 0 Å². The molecule has 1 N–H and O–H groups in total. The van der Waals surface area contributed by atoms with Crippen LogP contribution in [0, 0.1) is 5.92 Å². The zero-order valence-electron chi connectivity index (χ0n) is 12.1. The minimum Gasteiger partial charge on any atom is -0.338 e. The molecule has 0 bridgehead atoms. The van der Waals surface area contributed by atoms with Gasteiger partial charge in [-0.05, 0) is 44.4 Å². The van der Waals surface area contributed by atoms with Crippen molar-refractivity contribution in [1.29, 1.82) is 0 Å². The largest absolute Gasteiger partial charge is 0.338 e. The molecule has 3 fully saturated rings. The fourth-order valence-electron chi connectivity index (χ4n) is 4.40. The van der Waals surface area contributed by atoms with Crippen molar-refractivity contribution in [2.75, 3.05) is 13.1 Å². The summed E-state index contributed by atoms with van der Waals surface area (Å²) in [5, 5.41) is 3.48. The monoisotopic (exact) mass is 264 g/mol. The van der Waals surface area contributed by atoms with Gasteiger partial charge in [0.15, 0.2) is 0 Å². The highest BCUT2D eigenvalue weighted by molar-refractivity contribution is 5.78. The van der Waals surface area contributed by atoms with Gasteiger partial charge in [-0.15, -0.1) is 0 Å². The van der Waals surface area contributed by atoms with Crippen LogP contribution in [0.5, 0.6) is 0 Å². The summed E-state index contributed by atoms with van der Waals surface area (Å²) in [6.07, 6.45) is 13.1. The molecule has 108 valence electrons. The van der Waals surface area contributed by atoms with Gasteiger partial charge in [0.25, 0.3) is 0 Å². The number of amides is 1. The number of nitrogens with zero attached hydrogens (tertiary/aromatic N) is 1. The Balaban J connectivity index is 1.52. The Hall–Kier alpha value is -0.570. The lowest BCUT2D eigenvalue weighted by atomic mass is 9.78. The fraction of sp³-hybridized carbons (Fsp3) is 0.938. The third-order valence-corrected chi connectivity index (χ3v) is 5.46. The minimum atomic E-state index is 0.364. The maximum Gasteiger partial charge on any atom is 0.236 e. The Kier molecular flexibility index (Phi) is 4.42. The Morgan fingerprint density at radius 3 is 2.47 bits per heavy atom. The van der Waals surface area contributed by atoms with E-state index in [9.17, 15) is 4.79 Å². The summed E-state index contributed by atoms with van der Waals surface area (Å²) < 4.78 is 0. The number of hydrogen-bond donors (Lipinski definition) is 1. The van der Waals surface area contributed by atoms with Crippen LogP contribution in [0.3, 0.4) is 0 Å². The van der Waals surface area contributed by atoms with Gasteiger partial charge >= 0.3 is 0 Å². The van der Waals surface area contributed by atoms with E-state index in [-0.39, 0.29) is 0 Å². The van der Waals surface area contributed by atoms with Crippen LogP contribution < -0.4 is 5.32 Å². The maximum absolute atomic E-state index is 12.5. The molecule has 1 aliphatic heterocycles. The van der Waals surface area contributed by atoms with E-state index >= 15 is 0 Å². The molecule has 3 nitrogen and oxygen atoms in total. The van der Waals surface area contributed by atoms with Crippen LogP contribution >= 0.6 is 0 Å². The van der Waals surface area contributed by atoms with E-state index in [2.05, 4.69) is 10.2 Å². The predicted molar refractivity (Wildman–Crippen MR) is 77.0 cm³/mol. The number of hydrogen-bond acceptors (Lipinski definition) is 2. The number of rotatable bonds is 3. The van der Waals surface area contributed by atoms with Crippen LogP contribution in [-0.2, 0) is 4.79 Å². The lowest BCUT2D eigenvalue weighted by molar-refractivity contribution is -0.136. The molecule has 0 aromatic carbocycles. The number of fused-ring (bicyclic) bond motifs is 1. The van der Waals surface area contributed by atoms with E-state index in [1.807, 2.05) is 0 Å². The number of piperidine rings is 1. The van der Waals surface area contributed by atoms with Gasteiger partial charge in [0, 0.05) is 18.6 Å². The lowest BCUT2D eigenvalue weighted by Gasteiger charge is -2.44. The number of likely N-dealkylation sites (tertiary alicyclic amines) is 1. The highest BCUT2D eigenvalue weighted by Gasteiger charge is 2.35. The van der Waals surface area contributed by atoms with Gasteiger partial charge in [-0.1, -0.05) is 25.7 Å². The Labute approximate surface area is 117 Å². The van der Waals surface area contributed by atoms with Gasteiger partial charge in [0.05, 0.1) is 6.54 Å². The standard InChI is InChI=1S/C16H28N2O/c19-16(12-17-14-8-2-3-9-14)18-11-5-7-13-6-1-4-10-15(13)18/h13-15,17H,1-12H2/t13-,15-/m1/s1. The van der Waals surface area contributed by atoms with Gasteiger partial charge in [0.1, 0.15) is 0 Å². The zero-order chi connectivity index (χ0) is 13.1. The number of nitrogens with one attached hydrogen (secondary N) is 1. The normalized spacial score (nSPS) is 32.3. The molecule has 3 heteroatoms. The van der Waals surface area contributed by atoms with Crippen LogP contribution in [-0.4, -0.2) is 36.0 Å². The SMILES string of the molecule is O=C(CNC1CCCC1)N1CCC[C@H]2CCCC[C@H]21. The van der Waals surface area contributed by atoms with Gasteiger partial charge in [0.2, 0.25) is 5.91 Å². The van der Waals surface area contributed by atoms with Crippen LogP contribution in [0.15, 0.2) is 0 Å². The smallest absolute Gasteiger partial charge is 0.236 e. The summed E-state index contributed by atoms with van der Waals surface area (Å²) in [5.74, 6) is 1.17. The Morgan fingerprint density at radius 1 is 0.947 bits per heavy atom. The molecule has 1 heterocycles. The summed E-state index contributed by atoms with van der Waals surface area (Å²) in [4.78, 5) is 14.7. The first-order valence-corrected chi connectivity index (χ1v) is 8.37. The van der Waals surface area contributed by atoms with Gasteiger partial charge in [-0.2, -0.15) is 0 Å². The van der Waals surface area contributed by atoms with E-state index in [4.69, 9.17) is 0 Å². The quantitative estimate of drug-likeness (QED) is 0.850. The molecule has 2 atom stereocenters. The maximum atomic E-state index is 12.5. The third-order valence-electron chi connectivity index (χ3n) is 5.46. The molecule has 2 aliphatic carbocycles. The molecule has 2 saturated carbocycles. The second-order valence-electron chi connectivity index (χ2n) is 6.70. The molecule has 0 unspecified atom stereocenters. The Morgan fingerprint density at radius 2 is 1.63 bits per heavy atom. The van der Waals surface area contributed by atoms with Crippen molar-refractivity contribution in [3.05, 3.63) is 0 Å². The Bertz CT molecular complexity index is 310. The summed E-state index contributed by atoms with van der Waals surface area (Å²) in [6.45, 7) is 1.58. The molecule has 0 aromatic rings. The van der Waals surface area contributed by atoms with E-state index in [0.717, 1.165) is 12.5 Å². The van der Waals surface area contributed by atoms with Crippen LogP contribution in [0.4, 0.5) is 0 Å². The molecule has 0 aromatic heterocycles. The molecule has 1 amide bonds. The first-order chi connectivity index (χ1) is 9.34. The minimum absolute atomic E-state index is 0.364. The number of carbonyl (C=O) groups excluding carboxylic acids is 1. The first-order valence-electron chi connectivity index (χ1n) is 8.37. The molecule has 3 rings (SSSR count). The summed E-state index contributed by atoms with van der Waals surface area (Å²) in [5.41, 5.74) is 0. The third kappa shape index (κ3) is 3.13. The first kappa shape index (κ1) is 13.4. The zero-order valence-corrected chi connectivity index (χ0v) is 12.1. The van der Waals surface area contributed by atoms with E-state index in [0.29, 0.717) is 24.5 Å². The highest BCUT2D eigenvalue weighted by atomic mass is 16.2. The van der Waals surface area contributed by atoms with Crippen molar-refractivity contribution in [3.8, 4) is 0 Å². The average Bonchev–Trinajstić information content (AvgIpc) is 2.97. The average molecular weight is 264 g/mol. The van der Waals surface area contributed by atoms with Crippen molar-refractivity contribution in [2.45, 2.75) is 76.3 Å². The van der Waals surface area contributed by atoms with E-state index in [1.54, 1.807) is 0 Å². The molecular formula is C16H28N2O. The van der Waals surface area contributed by atoms with Gasteiger partial charge in [-0.25, -0.2) is 0 Å². The molecule has 0 radical (unpaired) electrons. The predicted octanol–water partition coefficient (Wildman–Crippen LogP) is 2.70. The second kappa shape index (κ2) is 6.25. The van der Waals surface area contributed by atoms with Crippen molar-refractivity contribution < 1.29 is 4.79 Å². The summed E-state index contributed by atoms with van der Waals surface area (Å²) >= 11 is 0. The topological polar surface area (TPSA) is 32.3 Å². The van der Waals surface area contributed by atoms with Crippen molar-refractivity contribution in [2.24, 2.45) is 5.92 Å². The summed E-state index contributed by atoms with van der Waals surface area (Å²) in [7, 11) is 0. The second-order valence-corrected chi connectivity index (χ2v) is 6.70. The fourth-order valence-corrected chi connectivity index (χ4v) is 4.40. The molecule has 3 aliphatic rings. The van der Waals surface area contributed by atoms with Crippen LogP contribution in [0.25, 0.3) is 0 Å². The summed E-state index contributed by atoms with van der Waals surface area (Å²) in [6, 6.07) is 1.18. The van der Waals surface area contributed by atoms with E-state index in [1.165, 1.54) is 64.2 Å². The number of carbonyl (C=O) groups is 1. The van der Waals surface area contributed by atoms with Gasteiger partial charge in [-0.3, -0.25) is 4.79 Å². The van der Waals surface area contributed by atoms with Crippen molar-refractivity contribution in [1.82, 2.24) is 10.2 Å². The molecule has 19 heavy (non-hydrogen) atoms. The van der Waals surface area contributed by atoms with Crippen LogP contribution in [0.2, 0.25) is 0 Å². The highest BCUT2D eigenvalue weighted by Crippen LogP contribution is 2.35. The van der Waals surface area contributed by atoms with Crippen molar-refractivity contribution in [3.63, 3.8) is 0 Å². The molecule has 0 spiro atoms. The molecule has 1 saturated heterocycles. The molecular weight excluding hydrogens is 236 g/mol.